The van der Waals surface area contributed by atoms with Gasteiger partial charge in [0.25, 0.3) is 0 Å². The molecule has 0 atom stereocenters. The molecule has 0 saturated heterocycles. The number of rotatable bonds is 3. The van der Waals surface area contributed by atoms with Gasteiger partial charge in [0.15, 0.2) is 5.75 Å². The number of hydrogen-bond acceptors (Lipinski definition) is 4. The number of nitrogens with zero attached hydrogens (tertiary/aromatic N) is 1. The predicted octanol–water partition coefficient (Wildman–Crippen LogP) is 16.0. The third kappa shape index (κ3) is 4.38. The highest BCUT2D eigenvalue weighted by Crippen LogP contribution is 2.66. The molecular formula is C62H37NO3. The van der Waals surface area contributed by atoms with Crippen LogP contribution in [0.5, 0.6) is 23.0 Å². The molecule has 2 aliphatic heterocycles. The number of fused-ring (bicyclic) bond motifs is 21. The Morgan fingerprint density at radius 1 is 0.318 bits per heavy atom. The summed E-state index contributed by atoms with van der Waals surface area (Å²) in [6.07, 6.45) is 0. The van der Waals surface area contributed by atoms with Crippen molar-refractivity contribution in [2.75, 3.05) is 4.90 Å². The molecule has 308 valence electrons. The summed E-state index contributed by atoms with van der Waals surface area (Å²) in [5, 5.41) is 2.07. The number of furan rings is 1. The van der Waals surface area contributed by atoms with E-state index in [0.29, 0.717) is 0 Å². The first-order valence-corrected chi connectivity index (χ1v) is 22.7. The summed E-state index contributed by atoms with van der Waals surface area (Å²) in [6, 6.07) is 81.0. The van der Waals surface area contributed by atoms with Gasteiger partial charge in [-0.3, -0.25) is 0 Å². The summed E-state index contributed by atoms with van der Waals surface area (Å²) in [7, 11) is 0. The van der Waals surface area contributed by atoms with Crippen LogP contribution in [0.1, 0.15) is 44.5 Å². The van der Waals surface area contributed by atoms with Crippen LogP contribution in [-0.2, 0) is 10.8 Å². The van der Waals surface area contributed by atoms with E-state index >= 15 is 0 Å². The highest BCUT2D eigenvalue weighted by molar-refractivity contribution is 6.13. The number of para-hydroxylation sites is 4. The monoisotopic (exact) mass is 843 g/mol. The van der Waals surface area contributed by atoms with Gasteiger partial charge in [-0.25, -0.2) is 0 Å². The average Bonchev–Trinajstić information content (AvgIpc) is 4.01. The van der Waals surface area contributed by atoms with Gasteiger partial charge in [-0.1, -0.05) is 170 Å². The van der Waals surface area contributed by atoms with Gasteiger partial charge in [0.05, 0.1) is 27.6 Å². The first-order chi connectivity index (χ1) is 32.7. The van der Waals surface area contributed by atoms with Crippen LogP contribution in [0, 0.1) is 0 Å². The van der Waals surface area contributed by atoms with Gasteiger partial charge in [-0.05, 0) is 99.1 Å². The zero-order valence-electron chi connectivity index (χ0n) is 35.5. The van der Waals surface area contributed by atoms with E-state index < -0.39 is 10.8 Å². The maximum absolute atomic E-state index is 7.39. The fourth-order valence-corrected chi connectivity index (χ4v) is 12.4. The molecular weight excluding hydrogens is 807 g/mol. The second kappa shape index (κ2) is 13.0. The molecule has 15 rings (SSSR count). The molecule has 4 aliphatic rings. The van der Waals surface area contributed by atoms with E-state index in [1.165, 1.54) is 44.5 Å². The fourth-order valence-electron chi connectivity index (χ4n) is 12.4. The van der Waals surface area contributed by atoms with E-state index in [9.17, 15) is 0 Å². The van der Waals surface area contributed by atoms with Gasteiger partial charge in [-0.15, -0.1) is 0 Å². The van der Waals surface area contributed by atoms with Crippen molar-refractivity contribution in [1.29, 1.82) is 0 Å². The number of ether oxygens (including phenoxy) is 2. The highest BCUT2D eigenvalue weighted by Gasteiger charge is 2.53. The summed E-state index contributed by atoms with van der Waals surface area (Å²) in [5.41, 5.74) is 17.6. The second-order valence-electron chi connectivity index (χ2n) is 17.8. The molecule has 0 amide bonds. The molecule has 4 heteroatoms. The number of anilines is 3. The lowest BCUT2D eigenvalue weighted by Crippen LogP contribution is -2.33. The van der Waals surface area contributed by atoms with Gasteiger partial charge in [0.2, 0.25) is 0 Å². The molecule has 66 heavy (non-hydrogen) atoms. The molecule has 3 heterocycles. The Hall–Kier alpha value is -8.60. The summed E-state index contributed by atoms with van der Waals surface area (Å²) < 4.78 is 21.0. The Labute approximate surface area is 381 Å². The van der Waals surface area contributed by atoms with Crippen LogP contribution < -0.4 is 14.4 Å². The van der Waals surface area contributed by atoms with Gasteiger partial charge in [0.1, 0.15) is 28.4 Å². The molecule has 0 saturated carbocycles. The molecule has 0 bridgehead atoms. The smallest absolute Gasteiger partial charge is 0.156 e. The quantitative estimate of drug-likeness (QED) is 0.177. The Morgan fingerprint density at radius 3 is 1.41 bits per heavy atom. The average molecular weight is 844 g/mol. The highest BCUT2D eigenvalue weighted by atomic mass is 16.5. The van der Waals surface area contributed by atoms with Crippen LogP contribution in [0.25, 0.3) is 44.2 Å². The van der Waals surface area contributed by atoms with Crippen molar-refractivity contribution >= 4 is 39.0 Å². The molecule has 0 N–H and O–H groups in total. The van der Waals surface area contributed by atoms with E-state index in [-0.39, 0.29) is 0 Å². The van der Waals surface area contributed by atoms with Crippen LogP contribution in [0.15, 0.2) is 229 Å². The third-order valence-corrected chi connectivity index (χ3v) is 14.8. The third-order valence-electron chi connectivity index (χ3n) is 14.8. The topological polar surface area (TPSA) is 34.8 Å². The van der Waals surface area contributed by atoms with E-state index in [1.807, 2.05) is 6.07 Å². The number of benzene rings is 10. The van der Waals surface area contributed by atoms with Gasteiger partial charge in [0, 0.05) is 33.3 Å². The molecule has 0 unspecified atom stereocenters. The van der Waals surface area contributed by atoms with Crippen LogP contribution in [-0.4, -0.2) is 0 Å². The molecule has 1 aromatic heterocycles. The number of hydrogen-bond donors (Lipinski definition) is 0. The molecule has 11 aromatic rings. The molecule has 2 spiro atoms. The minimum atomic E-state index is -0.653. The minimum Gasteiger partial charge on any atom is -0.457 e. The van der Waals surface area contributed by atoms with Crippen molar-refractivity contribution in [3.63, 3.8) is 0 Å². The van der Waals surface area contributed by atoms with Crippen molar-refractivity contribution in [2.45, 2.75) is 10.8 Å². The second-order valence-corrected chi connectivity index (χ2v) is 17.8. The molecule has 0 radical (unpaired) electrons. The Kier molecular flexibility index (Phi) is 7.05. The lowest BCUT2D eigenvalue weighted by atomic mass is 9.66. The Morgan fingerprint density at radius 2 is 0.773 bits per heavy atom. The fraction of sp³-hybridized carbons (Fsp3) is 0.0323. The Bertz CT molecular complexity index is 3790. The van der Waals surface area contributed by atoms with Crippen molar-refractivity contribution in [1.82, 2.24) is 0 Å². The van der Waals surface area contributed by atoms with Crippen molar-refractivity contribution < 1.29 is 13.9 Å². The van der Waals surface area contributed by atoms with Crippen LogP contribution >= 0.6 is 0 Å². The first kappa shape index (κ1) is 35.8. The molecule has 4 nitrogen and oxygen atoms in total. The largest absolute Gasteiger partial charge is 0.457 e. The maximum atomic E-state index is 7.39. The normalized spacial score (nSPS) is 14.5. The summed E-state index contributed by atoms with van der Waals surface area (Å²) >= 11 is 0. The zero-order chi connectivity index (χ0) is 43.1. The summed E-state index contributed by atoms with van der Waals surface area (Å²) in [6.45, 7) is 0. The van der Waals surface area contributed by atoms with E-state index in [4.69, 9.17) is 13.9 Å². The molecule has 10 aromatic carbocycles. The molecule has 2 aliphatic carbocycles. The van der Waals surface area contributed by atoms with Gasteiger partial charge < -0.3 is 18.8 Å². The zero-order valence-corrected chi connectivity index (χ0v) is 35.5. The minimum absolute atomic E-state index is 0.637. The predicted molar refractivity (Wildman–Crippen MR) is 263 cm³/mol. The van der Waals surface area contributed by atoms with E-state index in [2.05, 4.69) is 223 Å². The maximum Gasteiger partial charge on any atom is 0.156 e. The van der Waals surface area contributed by atoms with Crippen molar-refractivity contribution in [3.8, 4) is 45.3 Å². The molecule has 0 fully saturated rings. The standard InChI is InChI=1S/C62H37NO3/c1-6-22-44-39(17-1)40-18-2-7-23-45(40)61(44)49-27-11-14-33-56(49)66-60-50(61)28-15-30-53(60)63(52-29-16-34-58-59(52)43-21-5-12-31-54(43)64-58)38-35-36-57-51(37-38)62(48-26-10-13-32-55(48)65-57)46-24-8-3-19-41(46)42-20-4-9-25-47(42)62/h1-37H. The van der Waals surface area contributed by atoms with Crippen LogP contribution in [0.2, 0.25) is 0 Å². The summed E-state index contributed by atoms with van der Waals surface area (Å²) in [5.74, 6) is 3.33. The Balaban J connectivity index is 1.06. The van der Waals surface area contributed by atoms with Crippen LogP contribution in [0.3, 0.4) is 0 Å². The van der Waals surface area contributed by atoms with Gasteiger partial charge in [-0.2, -0.15) is 0 Å². The SMILES string of the molecule is c1ccc2c(c1)Oc1ccc(N(c3cccc4c3Oc3ccccc3C43c4ccccc4-c4ccccc43)c3cccc4oc5ccccc5c34)cc1C21c2ccccc2-c2ccccc21. The van der Waals surface area contributed by atoms with Crippen molar-refractivity contribution in [3.05, 3.63) is 269 Å². The first-order valence-electron chi connectivity index (χ1n) is 22.7. The van der Waals surface area contributed by atoms with Crippen LogP contribution in [0.4, 0.5) is 17.1 Å². The van der Waals surface area contributed by atoms with Crippen molar-refractivity contribution in [2.24, 2.45) is 0 Å². The van der Waals surface area contributed by atoms with Gasteiger partial charge >= 0.3 is 0 Å². The van der Waals surface area contributed by atoms with E-state index in [0.717, 1.165) is 84.3 Å². The summed E-state index contributed by atoms with van der Waals surface area (Å²) in [4.78, 5) is 2.40. The van der Waals surface area contributed by atoms with E-state index in [1.54, 1.807) is 0 Å². The lowest BCUT2D eigenvalue weighted by Gasteiger charge is -2.42. The lowest BCUT2D eigenvalue weighted by molar-refractivity contribution is 0.436.